The second kappa shape index (κ2) is 5.00. The third-order valence-electron chi connectivity index (χ3n) is 3.54. The van der Waals surface area contributed by atoms with Crippen LogP contribution >= 0.6 is 11.6 Å². The van der Waals surface area contributed by atoms with Crippen LogP contribution in [0.15, 0.2) is 36.4 Å². The number of hydrogen-bond acceptors (Lipinski definition) is 1. The Balaban J connectivity index is 1.98. The van der Waals surface area contributed by atoms with E-state index in [2.05, 4.69) is 0 Å². The fourth-order valence-electron chi connectivity index (χ4n) is 2.35. The summed E-state index contributed by atoms with van der Waals surface area (Å²) < 4.78 is 58.1. The second-order valence-electron chi connectivity index (χ2n) is 4.83. The lowest BCUT2D eigenvalue weighted by atomic mass is 9.93. The minimum absolute atomic E-state index is 0.0699. The summed E-state index contributed by atoms with van der Waals surface area (Å²) in [5.74, 6) is -4.62. The maximum absolute atomic E-state index is 13.4. The van der Waals surface area contributed by atoms with E-state index in [4.69, 9.17) is 16.3 Å². The number of epoxide rings is 1. The van der Waals surface area contributed by atoms with Crippen molar-refractivity contribution in [2.75, 3.05) is 5.88 Å². The van der Waals surface area contributed by atoms with Crippen molar-refractivity contribution < 1.29 is 22.3 Å². The molecule has 0 amide bonds. The van der Waals surface area contributed by atoms with Crippen molar-refractivity contribution in [3.63, 3.8) is 0 Å². The first-order valence-electron chi connectivity index (χ1n) is 6.12. The van der Waals surface area contributed by atoms with E-state index in [9.17, 15) is 17.6 Å². The molecule has 0 N–H and O–H groups in total. The zero-order valence-corrected chi connectivity index (χ0v) is 11.3. The fraction of sp³-hybridized carbons (Fsp3) is 0.200. The summed E-state index contributed by atoms with van der Waals surface area (Å²) >= 11 is 5.87. The van der Waals surface area contributed by atoms with Gasteiger partial charge >= 0.3 is 0 Å². The maximum atomic E-state index is 13.4. The van der Waals surface area contributed by atoms with E-state index in [1.165, 1.54) is 24.3 Å². The molecule has 2 aromatic carbocycles. The number of benzene rings is 2. The maximum Gasteiger partial charge on any atom is 0.194 e. The van der Waals surface area contributed by atoms with E-state index in [0.717, 1.165) is 12.1 Å². The lowest BCUT2D eigenvalue weighted by Crippen LogP contribution is -2.14. The van der Waals surface area contributed by atoms with Crippen LogP contribution in [-0.4, -0.2) is 5.88 Å². The highest BCUT2D eigenvalue weighted by Gasteiger charge is 2.58. The average molecular weight is 317 g/mol. The smallest absolute Gasteiger partial charge is 0.194 e. The van der Waals surface area contributed by atoms with Gasteiger partial charge in [0.15, 0.2) is 17.5 Å². The average Bonchev–Trinajstić information content (AvgIpc) is 3.21. The summed E-state index contributed by atoms with van der Waals surface area (Å²) in [7, 11) is 0. The normalized spacial score (nSPS) is 24.1. The molecule has 1 saturated heterocycles. The van der Waals surface area contributed by atoms with Gasteiger partial charge in [-0.15, -0.1) is 11.6 Å². The standard InChI is InChI=1S/C15H9ClF4O/c16-7-15(9-5-11(18)13(20)12(19)6-9)14(21-15)8-1-3-10(17)4-2-8/h1-6,14H,7H2. The van der Waals surface area contributed by atoms with E-state index < -0.39 is 35.0 Å². The first kappa shape index (κ1) is 14.4. The van der Waals surface area contributed by atoms with Gasteiger partial charge in [0.05, 0.1) is 5.88 Å². The Hall–Kier alpha value is -1.59. The van der Waals surface area contributed by atoms with E-state index >= 15 is 0 Å². The minimum atomic E-state index is -1.54. The Morgan fingerprint density at radius 1 is 1.00 bits per heavy atom. The summed E-state index contributed by atoms with van der Waals surface area (Å²) in [6.45, 7) is 0. The molecular formula is C15H9ClF4O. The van der Waals surface area contributed by atoms with Gasteiger partial charge in [-0.2, -0.15) is 0 Å². The van der Waals surface area contributed by atoms with Crippen LogP contribution in [0.3, 0.4) is 0 Å². The highest BCUT2D eigenvalue weighted by atomic mass is 35.5. The molecule has 3 rings (SSSR count). The minimum Gasteiger partial charge on any atom is -0.355 e. The van der Waals surface area contributed by atoms with Crippen molar-refractivity contribution in [2.45, 2.75) is 11.7 Å². The van der Waals surface area contributed by atoms with Gasteiger partial charge in [-0.25, -0.2) is 17.6 Å². The lowest BCUT2D eigenvalue weighted by molar-refractivity contribution is 0.313. The third-order valence-corrected chi connectivity index (χ3v) is 3.94. The van der Waals surface area contributed by atoms with Crippen LogP contribution < -0.4 is 0 Å². The Bertz CT molecular complexity index is 666. The van der Waals surface area contributed by atoms with Gasteiger partial charge in [-0.3, -0.25) is 0 Å². The van der Waals surface area contributed by atoms with Crippen LogP contribution in [-0.2, 0) is 10.3 Å². The van der Waals surface area contributed by atoms with Crippen molar-refractivity contribution in [1.29, 1.82) is 0 Å². The van der Waals surface area contributed by atoms with Crippen LogP contribution in [0.25, 0.3) is 0 Å². The van der Waals surface area contributed by atoms with Crippen molar-refractivity contribution in [3.8, 4) is 0 Å². The molecule has 1 heterocycles. The van der Waals surface area contributed by atoms with Gasteiger partial charge in [-0.05, 0) is 35.4 Å². The summed E-state index contributed by atoms with van der Waals surface area (Å²) in [5.41, 5.74) is -0.389. The van der Waals surface area contributed by atoms with E-state index in [-0.39, 0.29) is 11.4 Å². The molecule has 1 fully saturated rings. The first-order chi connectivity index (χ1) is 9.98. The van der Waals surface area contributed by atoms with E-state index in [1.807, 2.05) is 0 Å². The van der Waals surface area contributed by atoms with Crippen LogP contribution in [0.4, 0.5) is 17.6 Å². The molecule has 110 valence electrons. The van der Waals surface area contributed by atoms with Gasteiger partial charge in [-0.1, -0.05) is 12.1 Å². The van der Waals surface area contributed by atoms with Crippen LogP contribution in [0.2, 0.25) is 0 Å². The number of hydrogen-bond donors (Lipinski definition) is 0. The van der Waals surface area contributed by atoms with Gasteiger partial charge in [0.25, 0.3) is 0 Å². The van der Waals surface area contributed by atoms with Crippen molar-refractivity contribution in [3.05, 3.63) is 70.8 Å². The molecule has 0 saturated carbocycles. The molecular weight excluding hydrogens is 308 g/mol. The fourth-order valence-corrected chi connectivity index (χ4v) is 2.71. The monoisotopic (exact) mass is 316 g/mol. The molecule has 1 aliphatic heterocycles. The van der Waals surface area contributed by atoms with Crippen LogP contribution in [0.1, 0.15) is 17.2 Å². The molecule has 0 spiro atoms. The number of rotatable bonds is 3. The summed E-state index contributed by atoms with van der Waals surface area (Å²) in [6, 6.07) is 7.24. The SMILES string of the molecule is Fc1ccc(C2OC2(CCl)c2cc(F)c(F)c(F)c2)cc1. The highest BCUT2D eigenvalue weighted by molar-refractivity contribution is 6.18. The van der Waals surface area contributed by atoms with Crippen molar-refractivity contribution >= 4 is 11.6 Å². The Morgan fingerprint density at radius 3 is 2.10 bits per heavy atom. The molecule has 1 nitrogen and oxygen atoms in total. The molecule has 0 aromatic heterocycles. The van der Waals surface area contributed by atoms with Gasteiger partial charge in [0.1, 0.15) is 17.5 Å². The molecule has 2 unspecified atom stereocenters. The zero-order chi connectivity index (χ0) is 15.2. The van der Waals surface area contributed by atoms with Crippen molar-refractivity contribution in [2.24, 2.45) is 0 Å². The zero-order valence-electron chi connectivity index (χ0n) is 10.5. The van der Waals surface area contributed by atoms with E-state index in [0.29, 0.717) is 5.56 Å². The van der Waals surface area contributed by atoms with Gasteiger partial charge < -0.3 is 4.74 Å². The topological polar surface area (TPSA) is 12.5 Å². The molecule has 21 heavy (non-hydrogen) atoms. The predicted octanol–water partition coefficient (Wildman–Crippen LogP) is 4.45. The molecule has 2 aromatic rings. The Morgan fingerprint density at radius 2 is 1.57 bits per heavy atom. The second-order valence-corrected chi connectivity index (χ2v) is 5.09. The first-order valence-corrected chi connectivity index (χ1v) is 6.65. The molecule has 0 bridgehead atoms. The highest BCUT2D eigenvalue weighted by Crippen LogP contribution is 2.57. The van der Waals surface area contributed by atoms with Crippen LogP contribution in [0, 0.1) is 23.3 Å². The number of alkyl halides is 1. The Labute approximate surface area is 123 Å². The number of ether oxygens (including phenoxy) is 1. The molecule has 6 heteroatoms. The molecule has 0 radical (unpaired) electrons. The quantitative estimate of drug-likeness (QED) is 0.353. The van der Waals surface area contributed by atoms with Crippen LogP contribution in [0.5, 0.6) is 0 Å². The molecule has 1 aliphatic rings. The van der Waals surface area contributed by atoms with Crippen molar-refractivity contribution in [1.82, 2.24) is 0 Å². The molecule has 0 aliphatic carbocycles. The number of halogens is 5. The summed E-state index contributed by atoms with van der Waals surface area (Å²) in [6.07, 6.45) is -0.556. The summed E-state index contributed by atoms with van der Waals surface area (Å²) in [5, 5.41) is 0. The largest absolute Gasteiger partial charge is 0.355 e. The third kappa shape index (κ3) is 2.30. The predicted molar refractivity (Wildman–Crippen MR) is 68.9 cm³/mol. The molecule has 2 atom stereocenters. The summed E-state index contributed by atoms with van der Waals surface area (Å²) in [4.78, 5) is 0. The van der Waals surface area contributed by atoms with Gasteiger partial charge in [0.2, 0.25) is 0 Å². The van der Waals surface area contributed by atoms with E-state index in [1.54, 1.807) is 0 Å². The lowest BCUT2D eigenvalue weighted by Gasteiger charge is -2.11. The van der Waals surface area contributed by atoms with Gasteiger partial charge in [0, 0.05) is 0 Å². The Kier molecular flexibility index (Phi) is 3.42.